The van der Waals surface area contributed by atoms with E-state index < -0.39 is 0 Å². The van der Waals surface area contributed by atoms with Gasteiger partial charge in [-0.3, -0.25) is 0 Å². The number of rotatable bonds is 6. The quantitative estimate of drug-likeness (QED) is 0.159. The van der Waals surface area contributed by atoms with Gasteiger partial charge < -0.3 is 0 Å². The summed E-state index contributed by atoms with van der Waals surface area (Å²) >= 11 is 1.86. The fraction of sp³-hybridized carbons (Fsp3) is 0. The van der Waals surface area contributed by atoms with E-state index in [1.165, 1.54) is 69.5 Å². The van der Waals surface area contributed by atoms with Gasteiger partial charge >= 0.3 is 0 Å². The SMILES string of the molecule is c1ccc(-c2nc(-c3ccccc3)nc(-c3ccc(-c4ccc(-c5ccc(-c6ccc7c(ccc8ccccc87)c6)cc5)c5c4sc4ccccc45)cc3)n2)cc1. The standard InChI is InChI=1S/C53H33N3S/c1-3-12-38(13-4-1)51-54-52(39-14-5-2-6-15-39)56-53(55-51)40-26-23-37(24-27-40)46-32-31-45(49-47-17-9-10-18-48(47)57-50(46)49)36-21-19-34(20-22-36)41-29-30-44-42(33-41)28-25-35-11-7-8-16-43(35)44/h1-33H. The molecule has 0 fully saturated rings. The molecule has 0 aliphatic carbocycles. The molecule has 11 rings (SSSR count). The van der Waals surface area contributed by atoms with Gasteiger partial charge in [-0.05, 0) is 67.1 Å². The minimum absolute atomic E-state index is 0.650. The Balaban J connectivity index is 0.966. The van der Waals surface area contributed by atoms with Crippen molar-refractivity contribution in [2.24, 2.45) is 0 Å². The van der Waals surface area contributed by atoms with Crippen LogP contribution in [0.25, 0.3) is 109 Å². The van der Waals surface area contributed by atoms with Crippen molar-refractivity contribution in [3.8, 4) is 67.5 Å². The fourth-order valence-corrected chi connectivity index (χ4v) is 9.33. The highest BCUT2D eigenvalue weighted by Gasteiger charge is 2.17. The Morgan fingerprint density at radius 2 is 0.772 bits per heavy atom. The Bertz CT molecular complexity index is 3200. The van der Waals surface area contributed by atoms with Gasteiger partial charge in [0.1, 0.15) is 0 Å². The number of aromatic nitrogens is 3. The molecule has 0 radical (unpaired) electrons. The molecular weight excluding hydrogens is 711 g/mol. The van der Waals surface area contributed by atoms with Crippen molar-refractivity contribution in [2.75, 3.05) is 0 Å². The summed E-state index contributed by atoms with van der Waals surface area (Å²) in [4.78, 5) is 14.8. The molecule has 4 heteroatoms. The van der Waals surface area contributed by atoms with Gasteiger partial charge in [-0.25, -0.2) is 15.0 Å². The molecule has 0 atom stereocenters. The van der Waals surface area contributed by atoms with E-state index in [0.29, 0.717) is 17.5 Å². The van der Waals surface area contributed by atoms with Gasteiger partial charge in [0, 0.05) is 36.9 Å². The fourth-order valence-electron chi connectivity index (χ4n) is 8.07. The van der Waals surface area contributed by atoms with E-state index >= 15 is 0 Å². The molecule has 57 heavy (non-hydrogen) atoms. The highest BCUT2D eigenvalue weighted by molar-refractivity contribution is 7.26. The van der Waals surface area contributed by atoms with Crippen LogP contribution in [-0.2, 0) is 0 Å². The van der Waals surface area contributed by atoms with E-state index in [1.54, 1.807) is 0 Å². The topological polar surface area (TPSA) is 38.7 Å². The first kappa shape index (κ1) is 33.1. The normalized spacial score (nSPS) is 11.5. The Morgan fingerprint density at radius 1 is 0.298 bits per heavy atom. The highest BCUT2D eigenvalue weighted by Crippen LogP contribution is 2.45. The number of thiophene rings is 1. The summed E-state index contributed by atoms with van der Waals surface area (Å²) in [6, 6.07) is 71.2. The van der Waals surface area contributed by atoms with Gasteiger partial charge in [0.15, 0.2) is 17.5 Å². The van der Waals surface area contributed by atoms with Crippen LogP contribution in [0.2, 0.25) is 0 Å². The predicted molar refractivity (Wildman–Crippen MR) is 240 cm³/mol. The summed E-state index contributed by atoms with van der Waals surface area (Å²) in [5.41, 5.74) is 10.1. The summed E-state index contributed by atoms with van der Waals surface area (Å²) in [6.45, 7) is 0. The van der Waals surface area contributed by atoms with Crippen LogP contribution in [0.5, 0.6) is 0 Å². The van der Waals surface area contributed by atoms with Crippen molar-refractivity contribution in [1.82, 2.24) is 15.0 Å². The van der Waals surface area contributed by atoms with Crippen molar-refractivity contribution in [1.29, 1.82) is 0 Å². The van der Waals surface area contributed by atoms with E-state index in [0.717, 1.165) is 22.3 Å². The molecule has 2 heterocycles. The Morgan fingerprint density at radius 3 is 1.46 bits per heavy atom. The van der Waals surface area contributed by atoms with Gasteiger partial charge in [0.25, 0.3) is 0 Å². The van der Waals surface area contributed by atoms with Crippen LogP contribution >= 0.6 is 11.3 Å². The van der Waals surface area contributed by atoms with E-state index in [2.05, 4.69) is 140 Å². The summed E-state index contributed by atoms with van der Waals surface area (Å²) in [5.74, 6) is 1.97. The molecule has 266 valence electrons. The first-order valence-electron chi connectivity index (χ1n) is 19.2. The zero-order valence-electron chi connectivity index (χ0n) is 30.8. The molecule has 0 bridgehead atoms. The number of hydrogen-bond acceptors (Lipinski definition) is 4. The van der Waals surface area contributed by atoms with E-state index in [9.17, 15) is 0 Å². The molecule has 0 amide bonds. The third-order valence-electron chi connectivity index (χ3n) is 11.0. The summed E-state index contributed by atoms with van der Waals surface area (Å²) < 4.78 is 2.57. The number of fused-ring (bicyclic) bond motifs is 6. The molecule has 0 saturated heterocycles. The second kappa shape index (κ2) is 13.8. The van der Waals surface area contributed by atoms with Crippen molar-refractivity contribution in [3.63, 3.8) is 0 Å². The van der Waals surface area contributed by atoms with Crippen LogP contribution in [0.15, 0.2) is 200 Å². The first-order valence-corrected chi connectivity index (χ1v) is 20.0. The van der Waals surface area contributed by atoms with E-state index in [1.807, 2.05) is 72.0 Å². The molecule has 0 spiro atoms. The lowest BCUT2D eigenvalue weighted by molar-refractivity contribution is 1.07. The predicted octanol–water partition coefficient (Wildman–Crippen LogP) is 14.5. The van der Waals surface area contributed by atoms with Crippen LogP contribution in [0.1, 0.15) is 0 Å². The minimum Gasteiger partial charge on any atom is -0.208 e. The second-order valence-corrected chi connectivity index (χ2v) is 15.4. The van der Waals surface area contributed by atoms with Crippen molar-refractivity contribution in [2.45, 2.75) is 0 Å². The average Bonchev–Trinajstić information content (AvgIpc) is 3.69. The van der Waals surface area contributed by atoms with Gasteiger partial charge in [-0.2, -0.15) is 0 Å². The molecule has 2 aromatic heterocycles. The molecule has 11 aromatic rings. The minimum atomic E-state index is 0.650. The van der Waals surface area contributed by atoms with E-state index in [4.69, 9.17) is 15.0 Å². The average molecular weight is 744 g/mol. The van der Waals surface area contributed by atoms with E-state index in [-0.39, 0.29) is 0 Å². The number of hydrogen-bond donors (Lipinski definition) is 0. The number of nitrogens with zero attached hydrogens (tertiary/aromatic N) is 3. The van der Waals surface area contributed by atoms with Crippen LogP contribution in [0.3, 0.4) is 0 Å². The molecule has 9 aromatic carbocycles. The van der Waals surface area contributed by atoms with Crippen LogP contribution in [0.4, 0.5) is 0 Å². The Labute approximate surface area is 334 Å². The molecule has 0 aliphatic heterocycles. The molecule has 0 N–H and O–H groups in total. The zero-order chi connectivity index (χ0) is 37.7. The first-order chi connectivity index (χ1) is 28.2. The second-order valence-electron chi connectivity index (χ2n) is 14.4. The highest BCUT2D eigenvalue weighted by atomic mass is 32.1. The summed E-state index contributed by atoms with van der Waals surface area (Å²) in [5, 5.41) is 7.68. The molecule has 0 saturated carbocycles. The van der Waals surface area contributed by atoms with Crippen LogP contribution < -0.4 is 0 Å². The molecule has 0 unspecified atom stereocenters. The van der Waals surface area contributed by atoms with Crippen molar-refractivity contribution >= 4 is 53.1 Å². The summed E-state index contributed by atoms with van der Waals surface area (Å²) in [7, 11) is 0. The monoisotopic (exact) mass is 743 g/mol. The Hall–Kier alpha value is -7.27. The van der Waals surface area contributed by atoms with Gasteiger partial charge in [0.05, 0.1) is 0 Å². The maximum absolute atomic E-state index is 4.96. The largest absolute Gasteiger partial charge is 0.208 e. The van der Waals surface area contributed by atoms with Gasteiger partial charge in [-0.1, -0.05) is 188 Å². The zero-order valence-corrected chi connectivity index (χ0v) is 31.6. The Kier molecular flexibility index (Phi) is 8.01. The molecule has 0 aliphatic rings. The summed E-state index contributed by atoms with van der Waals surface area (Å²) in [6.07, 6.45) is 0. The van der Waals surface area contributed by atoms with Crippen LogP contribution in [-0.4, -0.2) is 15.0 Å². The van der Waals surface area contributed by atoms with Gasteiger partial charge in [-0.15, -0.1) is 11.3 Å². The lowest BCUT2D eigenvalue weighted by atomic mass is 9.93. The molecule has 3 nitrogen and oxygen atoms in total. The third-order valence-corrected chi connectivity index (χ3v) is 12.2. The van der Waals surface area contributed by atoms with Crippen molar-refractivity contribution < 1.29 is 0 Å². The molecular formula is C53H33N3S. The van der Waals surface area contributed by atoms with Gasteiger partial charge in [0.2, 0.25) is 0 Å². The lowest BCUT2D eigenvalue weighted by Gasteiger charge is -2.12. The third kappa shape index (κ3) is 5.95. The van der Waals surface area contributed by atoms with Crippen molar-refractivity contribution in [3.05, 3.63) is 200 Å². The van der Waals surface area contributed by atoms with Crippen LogP contribution in [0, 0.1) is 0 Å². The maximum atomic E-state index is 4.96. The lowest BCUT2D eigenvalue weighted by Crippen LogP contribution is -2.00. The number of benzene rings is 9. The maximum Gasteiger partial charge on any atom is 0.164 e. The smallest absolute Gasteiger partial charge is 0.164 e.